The number of carbonyl (C=O) groups excluding carboxylic acids is 1. The molecule has 0 unspecified atom stereocenters. The Morgan fingerprint density at radius 1 is 1.28 bits per heavy atom. The average Bonchev–Trinajstić information content (AvgIpc) is 3.03. The number of rotatable bonds is 5. The van der Waals surface area contributed by atoms with Gasteiger partial charge < -0.3 is 4.74 Å². The van der Waals surface area contributed by atoms with Crippen LogP contribution in [0.5, 0.6) is 0 Å². The number of ether oxygens (including phenoxy) is 1. The quantitative estimate of drug-likeness (QED) is 0.779. The summed E-state index contributed by atoms with van der Waals surface area (Å²) in [4.78, 5) is 13.7. The minimum atomic E-state index is -0.290. The lowest BCUT2D eigenvalue weighted by atomic mass is 9.75. The van der Waals surface area contributed by atoms with Gasteiger partial charge in [0, 0.05) is 5.56 Å². The number of benzene rings is 1. The van der Waals surface area contributed by atoms with Gasteiger partial charge in [-0.05, 0) is 35.8 Å². The summed E-state index contributed by atoms with van der Waals surface area (Å²) in [5.74, 6) is 1.77. The third kappa shape index (κ3) is 4.44. The minimum absolute atomic E-state index is 0.00443. The van der Waals surface area contributed by atoms with Gasteiger partial charge in [0.15, 0.2) is 6.54 Å². The standard InChI is InChI=1S/C19H26N4O2/c1-13(2)16-10-9-14(3)11-17(16)25-18(24)12-23-21-19(20-22-23)15-7-5-4-6-8-15/h4-8,13-14,16-17H,9-12H2,1-3H3/t14-,16+,17+/m1/s1. The molecule has 134 valence electrons. The van der Waals surface area contributed by atoms with Crippen molar-refractivity contribution in [3.05, 3.63) is 30.3 Å². The fourth-order valence-corrected chi connectivity index (χ4v) is 3.58. The first-order valence-corrected chi connectivity index (χ1v) is 9.05. The number of aromatic nitrogens is 4. The van der Waals surface area contributed by atoms with Gasteiger partial charge in [-0.2, -0.15) is 4.80 Å². The molecule has 0 spiro atoms. The van der Waals surface area contributed by atoms with Crippen molar-refractivity contribution >= 4 is 5.97 Å². The van der Waals surface area contributed by atoms with Crippen molar-refractivity contribution in [1.82, 2.24) is 20.2 Å². The molecule has 0 saturated heterocycles. The van der Waals surface area contributed by atoms with Crippen LogP contribution < -0.4 is 0 Å². The Hall–Kier alpha value is -2.24. The molecule has 1 aliphatic rings. The first-order chi connectivity index (χ1) is 12.0. The summed E-state index contributed by atoms with van der Waals surface area (Å²) in [5, 5.41) is 12.3. The van der Waals surface area contributed by atoms with Crippen LogP contribution in [0.15, 0.2) is 30.3 Å². The van der Waals surface area contributed by atoms with Crippen LogP contribution in [0.2, 0.25) is 0 Å². The number of hydrogen-bond acceptors (Lipinski definition) is 5. The van der Waals surface area contributed by atoms with E-state index in [4.69, 9.17) is 4.74 Å². The maximum Gasteiger partial charge on any atom is 0.330 e. The molecular weight excluding hydrogens is 316 g/mol. The van der Waals surface area contributed by atoms with Crippen LogP contribution in [0.25, 0.3) is 11.4 Å². The van der Waals surface area contributed by atoms with Crippen LogP contribution in [0, 0.1) is 17.8 Å². The van der Waals surface area contributed by atoms with Gasteiger partial charge in [0.1, 0.15) is 6.10 Å². The molecule has 1 aromatic heterocycles. The Morgan fingerprint density at radius 2 is 2.04 bits per heavy atom. The first kappa shape index (κ1) is 17.6. The zero-order valence-electron chi connectivity index (χ0n) is 15.1. The number of carbonyl (C=O) groups is 1. The molecule has 1 heterocycles. The largest absolute Gasteiger partial charge is 0.461 e. The van der Waals surface area contributed by atoms with Crippen molar-refractivity contribution in [2.45, 2.75) is 52.7 Å². The lowest BCUT2D eigenvalue weighted by molar-refractivity contribution is -0.157. The number of nitrogens with zero attached hydrogens (tertiary/aromatic N) is 4. The Kier molecular flexibility index (Phi) is 5.46. The lowest BCUT2D eigenvalue weighted by Crippen LogP contribution is -2.36. The molecule has 6 heteroatoms. The molecule has 25 heavy (non-hydrogen) atoms. The van der Waals surface area contributed by atoms with Crippen molar-refractivity contribution in [2.75, 3.05) is 0 Å². The van der Waals surface area contributed by atoms with Gasteiger partial charge >= 0.3 is 5.97 Å². The second-order valence-corrected chi connectivity index (χ2v) is 7.36. The number of esters is 1. The van der Waals surface area contributed by atoms with E-state index in [1.807, 2.05) is 30.3 Å². The molecule has 0 amide bonds. The predicted octanol–water partition coefficient (Wildman–Crippen LogP) is 3.34. The Labute approximate surface area is 148 Å². The van der Waals surface area contributed by atoms with Crippen LogP contribution in [0.4, 0.5) is 0 Å². The van der Waals surface area contributed by atoms with Crippen LogP contribution >= 0.6 is 0 Å². The Balaban J connectivity index is 1.61. The van der Waals surface area contributed by atoms with Gasteiger partial charge in [-0.1, -0.05) is 57.5 Å². The van der Waals surface area contributed by atoms with Crippen LogP contribution in [-0.4, -0.2) is 32.3 Å². The summed E-state index contributed by atoms with van der Waals surface area (Å²) >= 11 is 0. The molecule has 6 nitrogen and oxygen atoms in total. The van der Waals surface area contributed by atoms with Gasteiger partial charge in [0.05, 0.1) is 0 Å². The summed E-state index contributed by atoms with van der Waals surface area (Å²) in [6.07, 6.45) is 3.26. The van der Waals surface area contributed by atoms with Gasteiger partial charge in [0.25, 0.3) is 0 Å². The van der Waals surface area contributed by atoms with E-state index in [0.29, 0.717) is 23.6 Å². The van der Waals surface area contributed by atoms with Crippen molar-refractivity contribution in [3.8, 4) is 11.4 Å². The summed E-state index contributed by atoms with van der Waals surface area (Å²) < 4.78 is 5.79. The van der Waals surface area contributed by atoms with E-state index in [9.17, 15) is 4.79 Å². The molecule has 1 aromatic carbocycles. The van der Waals surface area contributed by atoms with E-state index in [-0.39, 0.29) is 18.6 Å². The van der Waals surface area contributed by atoms with E-state index in [0.717, 1.165) is 18.4 Å². The summed E-state index contributed by atoms with van der Waals surface area (Å²) in [7, 11) is 0. The fourth-order valence-electron chi connectivity index (χ4n) is 3.58. The maximum atomic E-state index is 12.4. The Morgan fingerprint density at radius 3 is 2.76 bits per heavy atom. The molecule has 1 saturated carbocycles. The monoisotopic (exact) mass is 342 g/mol. The molecular formula is C19H26N4O2. The van der Waals surface area contributed by atoms with Crippen LogP contribution in [-0.2, 0) is 16.1 Å². The molecule has 1 aliphatic carbocycles. The van der Waals surface area contributed by atoms with E-state index in [1.54, 1.807) is 0 Å². The summed E-state index contributed by atoms with van der Waals surface area (Å²) in [6, 6.07) is 9.59. The first-order valence-electron chi connectivity index (χ1n) is 9.05. The van der Waals surface area contributed by atoms with Crippen molar-refractivity contribution in [1.29, 1.82) is 0 Å². The molecule has 3 rings (SSSR count). The molecule has 3 atom stereocenters. The average molecular weight is 342 g/mol. The van der Waals surface area contributed by atoms with Crippen molar-refractivity contribution < 1.29 is 9.53 Å². The topological polar surface area (TPSA) is 69.9 Å². The normalized spacial score (nSPS) is 23.6. The van der Waals surface area contributed by atoms with E-state index in [1.165, 1.54) is 11.2 Å². The van der Waals surface area contributed by atoms with E-state index < -0.39 is 0 Å². The number of hydrogen-bond donors (Lipinski definition) is 0. The summed E-state index contributed by atoms with van der Waals surface area (Å²) in [6.45, 7) is 6.62. The lowest BCUT2D eigenvalue weighted by Gasteiger charge is -2.36. The number of tetrazole rings is 1. The van der Waals surface area contributed by atoms with Crippen LogP contribution in [0.3, 0.4) is 0 Å². The van der Waals surface area contributed by atoms with Gasteiger partial charge in [-0.3, -0.25) is 0 Å². The third-order valence-corrected chi connectivity index (χ3v) is 5.00. The van der Waals surface area contributed by atoms with E-state index in [2.05, 4.69) is 36.2 Å². The molecule has 0 radical (unpaired) electrons. The van der Waals surface area contributed by atoms with Crippen molar-refractivity contribution in [2.24, 2.45) is 17.8 Å². The van der Waals surface area contributed by atoms with Crippen molar-refractivity contribution in [3.63, 3.8) is 0 Å². The highest BCUT2D eigenvalue weighted by atomic mass is 16.5. The molecule has 2 aromatic rings. The van der Waals surface area contributed by atoms with E-state index >= 15 is 0 Å². The molecule has 0 N–H and O–H groups in total. The highest BCUT2D eigenvalue weighted by Gasteiger charge is 2.33. The second kappa shape index (κ2) is 7.76. The Bertz CT molecular complexity index is 698. The van der Waals surface area contributed by atoms with Gasteiger partial charge in [-0.15, -0.1) is 10.2 Å². The minimum Gasteiger partial charge on any atom is -0.461 e. The molecule has 1 fully saturated rings. The third-order valence-electron chi connectivity index (χ3n) is 5.00. The molecule has 0 bridgehead atoms. The smallest absolute Gasteiger partial charge is 0.330 e. The second-order valence-electron chi connectivity index (χ2n) is 7.36. The van der Waals surface area contributed by atoms with Gasteiger partial charge in [0.2, 0.25) is 5.82 Å². The SMILES string of the molecule is CC(C)[C@@H]1CC[C@@H](C)C[C@@H]1OC(=O)Cn1nnc(-c2ccccc2)n1. The zero-order valence-corrected chi connectivity index (χ0v) is 15.1. The highest BCUT2D eigenvalue weighted by Crippen LogP contribution is 2.35. The predicted molar refractivity (Wildman–Crippen MR) is 94.5 cm³/mol. The zero-order chi connectivity index (χ0) is 17.8. The van der Waals surface area contributed by atoms with Gasteiger partial charge in [-0.25, -0.2) is 4.79 Å². The summed E-state index contributed by atoms with van der Waals surface area (Å²) in [5.41, 5.74) is 0.878. The highest BCUT2D eigenvalue weighted by molar-refractivity contribution is 5.69. The van der Waals surface area contributed by atoms with Crippen LogP contribution in [0.1, 0.15) is 40.0 Å². The maximum absolute atomic E-state index is 12.4. The fraction of sp³-hybridized carbons (Fsp3) is 0.579. The molecule has 0 aliphatic heterocycles.